The summed E-state index contributed by atoms with van der Waals surface area (Å²) in [7, 11) is 0. The Morgan fingerprint density at radius 2 is 1.28 bits per heavy atom. The second-order valence-electron chi connectivity index (χ2n) is 6.56. The standard InChI is InChI=1S/C21H28N4O4/c1-3-28-19(26)13-5-7-15(17(23)11-13)21(25,9-10-22)16-8-6-14(12-18(16)24)20(27)29-4-2/h5-8,11-12H,3-4,9-10,22-25H2,1-2H3. The van der Waals surface area contributed by atoms with E-state index >= 15 is 0 Å². The molecule has 0 saturated carbocycles. The summed E-state index contributed by atoms with van der Waals surface area (Å²) in [5.74, 6) is -0.934. The summed E-state index contributed by atoms with van der Waals surface area (Å²) in [4.78, 5) is 23.9. The minimum atomic E-state index is -1.11. The van der Waals surface area contributed by atoms with E-state index in [9.17, 15) is 9.59 Å². The number of esters is 2. The van der Waals surface area contributed by atoms with Gasteiger partial charge in [-0.2, -0.15) is 0 Å². The maximum absolute atomic E-state index is 12.0. The summed E-state index contributed by atoms with van der Waals surface area (Å²) in [5.41, 5.74) is 26.4. The number of nitrogens with two attached hydrogens (primary N) is 4. The first-order valence-corrected chi connectivity index (χ1v) is 9.41. The smallest absolute Gasteiger partial charge is 0.338 e. The van der Waals surface area contributed by atoms with Gasteiger partial charge >= 0.3 is 11.9 Å². The summed E-state index contributed by atoms with van der Waals surface area (Å²) in [6, 6.07) is 9.60. The Bertz CT molecular complexity index is 831. The van der Waals surface area contributed by atoms with Crippen molar-refractivity contribution in [1.82, 2.24) is 0 Å². The maximum Gasteiger partial charge on any atom is 0.338 e. The molecular weight excluding hydrogens is 372 g/mol. The van der Waals surface area contributed by atoms with Crippen LogP contribution in [0.4, 0.5) is 11.4 Å². The molecule has 8 N–H and O–H groups in total. The van der Waals surface area contributed by atoms with Gasteiger partial charge < -0.3 is 32.4 Å². The van der Waals surface area contributed by atoms with E-state index in [-0.39, 0.29) is 19.8 Å². The van der Waals surface area contributed by atoms with E-state index in [0.717, 1.165) is 0 Å². The third kappa shape index (κ3) is 4.67. The lowest BCUT2D eigenvalue weighted by Gasteiger charge is -2.33. The SMILES string of the molecule is CCOC(=O)c1ccc(C(N)(CCN)c2ccc(C(=O)OCC)cc2N)c(N)c1. The number of carbonyl (C=O) groups is 2. The molecule has 0 radical (unpaired) electrons. The Hall–Kier alpha value is -3.10. The molecule has 8 heteroatoms. The van der Waals surface area contributed by atoms with Crippen LogP contribution in [0.5, 0.6) is 0 Å². The van der Waals surface area contributed by atoms with Crippen molar-refractivity contribution in [3.8, 4) is 0 Å². The molecule has 0 aliphatic carbocycles. The minimum absolute atomic E-state index is 0.262. The topological polar surface area (TPSA) is 157 Å². The monoisotopic (exact) mass is 400 g/mol. The number of rotatable bonds is 8. The summed E-state index contributed by atoms with van der Waals surface area (Å²) in [6.07, 6.45) is 0.346. The highest BCUT2D eigenvalue weighted by Crippen LogP contribution is 2.37. The fourth-order valence-electron chi connectivity index (χ4n) is 3.26. The molecule has 0 atom stereocenters. The Morgan fingerprint density at radius 1 is 0.862 bits per heavy atom. The second kappa shape index (κ2) is 9.40. The first kappa shape index (κ1) is 22.2. The Kier molecular flexibility index (Phi) is 7.19. The molecule has 2 aromatic rings. The van der Waals surface area contributed by atoms with E-state index in [4.69, 9.17) is 32.4 Å². The van der Waals surface area contributed by atoms with Crippen LogP contribution >= 0.6 is 0 Å². The van der Waals surface area contributed by atoms with Gasteiger partial charge in [-0.1, -0.05) is 12.1 Å². The van der Waals surface area contributed by atoms with Crippen molar-refractivity contribution >= 4 is 23.3 Å². The molecule has 2 rings (SSSR count). The third-order valence-corrected chi connectivity index (χ3v) is 4.63. The molecule has 8 nitrogen and oxygen atoms in total. The lowest BCUT2D eigenvalue weighted by atomic mass is 9.78. The Balaban J connectivity index is 2.51. The van der Waals surface area contributed by atoms with Gasteiger partial charge in [0, 0.05) is 11.4 Å². The average molecular weight is 400 g/mol. The van der Waals surface area contributed by atoms with Crippen LogP contribution in [-0.2, 0) is 15.0 Å². The second-order valence-corrected chi connectivity index (χ2v) is 6.56. The number of carbonyl (C=O) groups excluding carboxylic acids is 2. The number of ether oxygens (including phenoxy) is 2. The van der Waals surface area contributed by atoms with Crippen molar-refractivity contribution in [2.75, 3.05) is 31.2 Å². The van der Waals surface area contributed by atoms with Crippen LogP contribution in [0.3, 0.4) is 0 Å². The number of hydrogen-bond donors (Lipinski definition) is 4. The molecule has 0 aromatic heterocycles. The highest BCUT2D eigenvalue weighted by Gasteiger charge is 2.33. The summed E-state index contributed by atoms with van der Waals surface area (Å²) < 4.78 is 10.0. The quantitative estimate of drug-likeness (QED) is 0.385. The molecule has 0 fully saturated rings. The van der Waals surface area contributed by atoms with Crippen LogP contribution in [0.25, 0.3) is 0 Å². The van der Waals surface area contributed by atoms with Crippen LogP contribution in [-0.4, -0.2) is 31.7 Å². The number of benzene rings is 2. The molecule has 0 amide bonds. The maximum atomic E-state index is 12.0. The van der Waals surface area contributed by atoms with E-state index in [1.165, 1.54) is 12.1 Å². The summed E-state index contributed by atoms with van der Waals surface area (Å²) in [5, 5.41) is 0. The van der Waals surface area contributed by atoms with E-state index < -0.39 is 17.5 Å². The lowest BCUT2D eigenvalue weighted by molar-refractivity contribution is 0.0517. The van der Waals surface area contributed by atoms with Crippen molar-refractivity contribution in [2.24, 2.45) is 11.5 Å². The van der Waals surface area contributed by atoms with Gasteiger partial charge in [0.25, 0.3) is 0 Å². The first-order valence-electron chi connectivity index (χ1n) is 9.41. The van der Waals surface area contributed by atoms with Crippen LogP contribution in [0.1, 0.15) is 52.1 Å². The summed E-state index contributed by atoms with van der Waals surface area (Å²) >= 11 is 0. The molecule has 156 valence electrons. The number of nitrogen functional groups attached to an aromatic ring is 2. The molecule has 0 spiro atoms. The molecule has 0 aliphatic rings. The van der Waals surface area contributed by atoms with Gasteiger partial charge in [-0.15, -0.1) is 0 Å². The van der Waals surface area contributed by atoms with Crippen molar-refractivity contribution < 1.29 is 19.1 Å². The van der Waals surface area contributed by atoms with Crippen molar-refractivity contribution in [2.45, 2.75) is 25.8 Å². The van der Waals surface area contributed by atoms with Gasteiger partial charge in [0.15, 0.2) is 0 Å². The predicted octanol–water partition coefficient (Wildman–Crippen LogP) is 1.76. The van der Waals surface area contributed by atoms with E-state index in [0.29, 0.717) is 40.0 Å². The highest BCUT2D eigenvalue weighted by molar-refractivity contribution is 5.91. The van der Waals surface area contributed by atoms with Crippen molar-refractivity contribution in [3.05, 3.63) is 58.7 Å². The van der Waals surface area contributed by atoms with Gasteiger partial charge in [0.2, 0.25) is 0 Å². The molecule has 0 saturated heterocycles. The molecule has 29 heavy (non-hydrogen) atoms. The zero-order valence-electron chi connectivity index (χ0n) is 16.7. The predicted molar refractivity (Wildman–Crippen MR) is 112 cm³/mol. The van der Waals surface area contributed by atoms with Crippen LogP contribution in [0.15, 0.2) is 36.4 Å². The fourth-order valence-corrected chi connectivity index (χ4v) is 3.26. The molecule has 0 heterocycles. The fraction of sp³-hybridized carbons (Fsp3) is 0.333. The zero-order chi connectivity index (χ0) is 21.6. The Labute approximate surface area is 170 Å². The van der Waals surface area contributed by atoms with Gasteiger partial charge in [-0.3, -0.25) is 0 Å². The van der Waals surface area contributed by atoms with Crippen LogP contribution in [0, 0.1) is 0 Å². The van der Waals surface area contributed by atoms with Gasteiger partial charge in [-0.05, 0) is 62.2 Å². The molecule has 0 aliphatic heterocycles. The van der Waals surface area contributed by atoms with Crippen LogP contribution < -0.4 is 22.9 Å². The molecule has 2 aromatic carbocycles. The number of hydrogen-bond acceptors (Lipinski definition) is 8. The van der Waals surface area contributed by atoms with Crippen molar-refractivity contribution in [3.63, 3.8) is 0 Å². The Morgan fingerprint density at radius 3 is 1.59 bits per heavy atom. The minimum Gasteiger partial charge on any atom is -0.462 e. The molecule has 0 unspecified atom stereocenters. The van der Waals surface area contributed by atoms with E-state index in [2.05, 4.69) is 0 Å². The van der Waals surface area contributed by atoms with Crippen LogP contribution in [0.2, 0.25) is 0 Å². The first-order chi connectivity index (χ1) is 13.8. The third-order valence-electron chi connectivity index (χ3n) is 4.63. The largest absolute Gasteiger partial charge is 0.462 e. The van der Waals surface area contributed by atoms with Gasteiger partial charge in [0.1, 0.15) is 0 Å². The summed E-state index contributed by atoms with van der Waals surface area (Å²) in [6.45, 7) is 4.25. The van der Waals surface area contributed by atoms with Crippen molar-refractivity contribution in [1.29, 1.82) is 0 Å². The lowest BCUT2D eigenvalue weighted by Crippen LogP contribution is -2.41. The molecular formula is C21H28N4O4. The normalized spacial score (nSPS) is 11.2. The van der Waals surface area contributed by atoms with Gasteiger partial charge in [0.05, 0.1) is 29.9 Å². The van der Waals surface area contributed by atoms with E-state index in [1.807, 2.05) is 0 Å². The average Bonchev–Trinajstić information content (AvgIpc) is 2.68. The number of anilines is 2. The molecule has 0 bridgehead atoms. The van der Waals surface area contributed by atoms with Gasteiger partial charge in [-0.25, -0.2) is 9.59 Å². The highest BCUT2D eigenvalue weighted by atomic mass is 16.5. The zero-order valence-corrected chi connectivity index (χ0v) is 16.7. The van der Waals surface area contributed by atoms with E-state index in [1.54, 1.807) is 38.1 Å².